The highest BCUT2D eigenvalue weighted by Gasteiger charge is 2.33. The van der Waals surface area contributed by atoms with E-state index in [0.717, 1.165) is 12.1 Å². The zero-order valence-corrected chi connectivity index (χ0v) is 11.9. The summed E-state index contributed by atoms with van der Waals surface area (Å²) >= 11 is 0. The lowest BCUT2D eigenvalue weighted by Crippen LogP contribution is -2.01. The molecule has 3 N–H and O–H groups in total. The first-order valence-electron chi connectivity index (χ1n) is 6.16. The van der Waals surface area contributed by atoms with Crippen molar-refractivity contribution in [1.82, 2.24) is 0 Å². The monoisotopic (exact) mass is 353 g/mol. The summed E-state index contributed by atoms with van der Waals surface area (Å²) in [7, 11) is 0. The Kier molecular flexibility index (Phi) is 4.23. The molecule has 0 saturated carbocycles. The van der Waals surface area contributed by atoms with E-state index in [9.17, 15) is 45.7 Å². The number of ether oxygens (including phenoxy) is 1. The standard InChI is InChI=1S/C12H7N3O10/c16-8-1-2-9(11(18)10(8)17)25-12-6(14(21)22)3-5(13(19)20)4-7(12)15(23)24/h1-4,16-18H. The Morgan fingerprint density at radius 2 is 1.32 bits per heavy atom. The van der Waals surface area contributed by atoms with Crippen molar-refractivity contribution in [1.29, 1.82) is 0 Å². The van der Waals surface area contributed by atoms with Crippen molar-refractivity contribution >= 4 is 17.1 Å². The first kappa shape index (κ1) is 17.2. The Morgan fingerprint density at radius 3 is 1.76 bits per heavy atom. The van der Waals surface area contributed by atoms with Crippen LogP contribution >= 0.6 is 0 Å². The number of phenolic OH excluding ortho intramolecular Hbond substituents is 3. The molecule has 0 aliphatic carbocycles. The summed E-state index contributed by atoms with van der Waals surface area (Å²) in [5.41, 5.74) is -3.12. The third-order valence-corrected chi connectivity index (χ3v) is 2.94. The first-order valence-corrected chi connectivity index (χ1v) is 6.16. The molecule has 0 atom stereocenters. The fourth-order valence-corrected chi connectivity index (χ4v) is 1.81. The number of benzene rings is 2. The predicted octanol–water partition coefficient (Wildman–Crippen LogP) is 2.32. The minimum Gasteiger partial charge on any atom is -0.504 e. The van der Waals surface area contributed by atoms with Crippen LogP contribution in [0.1, 0.15) is 0 Å². The van der Waals surface area contributed by atoms with Crippen LogP contribution in [-0.4, -0.2) is 30.1 Å². The number of nitro groups is 3. The molecule has 0 fully saturated rings. The van der Waals surface area contributed by atoms with Crippen LogP contribution in [0.5, 0.6) is 28.7 Å². The van der Waals surface area contributed by atoms with Gasteiger partial charge in [0.2, 0.25) is 11.5 Å². The molecule has 0 saturated heterocycles. The second kappa shape index (κ2) is 6.15. The molecule has 0 aromatic heterocycles. The smallest absolute Gasteiger partial charge is 0.325 e. The fraction of sp³-hybridized carbons (Fsp3) is 0. The van der Waals surface area contributed by atoms with E-state index in [1.165, 1.54) is 0 Å². The Hall–Kier alpha value is -4.16. The number of nitrogens with zero attached hydrogens (tertiary/aromatic N) is 3. The van der Waals surface area contributed by atoms with Crippen molar-refractivity contribution in [3.63, 3.8) is 0 Å². The van der Waals surface area contributed by atoms with E-state index in [1.54, 1.807) is 0 Å². The number of hydrogen-bond donors (Lipinski definition) is 3. The van der Waals surface area contributed by atoms with Gasteiger partial charge in [-0.3, -0.25) is 30.3 Å². The second-order valence-corrected chi connectivity index (χ2v) is 4.47. The van der Waals surface area contributed by atoms with Crippen LogP contribution < -0.4 is 4.74 Å². The van der Waals surface area contributed by atoms with E-state index in [4.69, 9.17) is 4.74 Å². The number of hydrogen-bond acceptors (Lipinski definition) is 10. The lowest BCUT2D eigenvalue weighted by molar-refractivity contribution is -0.404. The maximum Gasteiger partial charge on any atom is 0.325 e. The second-order valence-electron chi connectivity index (χ2n) is 4.47. The SMILES string of the molecule is O=[N+]([O-])c1cc([N+](=O)[O-])c(Oc2ccc(O)c(O)c2O)c([N+](=O)[O-])c1. The third-order valence-electron chi connectivity index (χ3n) is 2.94. The highest BCUT2D eigenvalue weighted by molar-refractivity contribution is 5.68. The predicted molar refractivity (Wildman–Crippen MR) is 77.9 cm³/mol. The van der Waals surface area contributed by atoms with Crippen LogP contribution in [0.4, 0.5) is 17.1 Å². The van der Waals surface area contributed by atoms with Crippen molar-refractivity contribution < 1.29 is 34.8 Å². The highest BCUT2D eigenvalue weighted by Crippen LogP contribution is 2.48. The molecule has 2 aromatic carbocycles. The number of rotatable bonds is 5. The molecule has 2 rings (SSSR count). The summed E-state index contributed by atoms with van der Waals surface area (Å²) in [6.45, 7) is 0. The molecular formula is C12H7N3O10. The molecule has 0 radical (unpaired) electrons. The molecule has 0 amide bonds. The Morgan fingerprint density at radius 1 is 0.800 bits per heavy atom. The minimum atomic E-state index is -1.15. The summed E-state index contributed by atoms with van der Waals surface area (Å²) in [5, 5.41) is 61.2. The van der Waals surface area contributed by atoms with Gasteiger partial charge in [-0.25, -0.2) is 0 Å². The lowest BCUT2D eigenvalue weighted by Gasteiger charge is -2.10. The van der Waals surface area contributed by atoms with Gasteiger partial charge in [0.25, 0.3) is 11.4 Å². The molecule has 2 aromatic rings. The van der Waals surface area contributed by atoms with Crippen molar-refractivity contribution in [2.24, 2.45) is 0 Å². The molecule has 0 aliphatic rings. The number of non-ortho nitro benzene ring substituents is 1. The van der Waals surface area contributed by atoms with Gasteiger partial charge >= 0.3 is 11.4 Å². The lowest BCUT2D eigenvalue weighted by atomic mass is 10.2. The Labute approximate surface area is 136 Å². The molecular weight excluding hydrogens is 346 g/mol. The normalized spacial score (nSPS) is 10.2. The van der Waals surface area contributed by atoms with Gasteiger partial charge in [0.15, 0.2) is 11.5 Å². The topological polar surface area (TPSA) is 199 Å². The van der Waals surface area contributed by atoms with E-state index in [0.29, 0.717) is 12.1 Å². The molecule has 13 heteroatoms. The summed E-state index contributed by atoms with van der Waals surface area (Å²) in [6.07, 6.45) is 0. The largest absolute Gasteiger partial charge is 0.504 e. The molecule has 0 aliphatic heterocycles. The molecule has 0 bridgehead atoms. The fourth-order valence-electron chi connectivity index (χ4n) is 1.81. The van der Waals surface area contributed by atoms with E-state index in [-0.39, 0.29) is 0 Å². The molecule has 25 heavy (non-hydrogen) atoms. The van der Waals surface area contributed by atoms with Gasteiger partial charge in [0.1, 0.15) is 0 Å². The van der Waals surface area contributed by atoms with Crippen LogP contribution in [0, 0.1) is 30.3 Å². The van der Waals surface area contributed by atoms with Crippen LogP contribution in [0.3, 0.4) is 0 Å². The Balaban J connectivity index is 2.71. The molecule has 0 spiro atoms. The molecule has 0 heterocycles. The maximum atomic E-state index is 11.1. The summed E-state index contributed by atoms with van der Waals surface area (Å²) < 4.78 is 4.94. The zero-order chi connectivity index (χ0) is 18.9. The average Bonchev–Trinajstić information content (AvgIpc) is 2.54. The number of aromatic hydroxyl groups is 3. The van der Waals surface area contributed by atoms with Gasteiger partial charge in [0.05, 0.1) is 26.9 Å². The maximum absolute atomic E-state index is 11.1. The number of nitro benzene ring substituents is 3. The first-order chi connectivity index (χ1) is 11.6. The van der Waals surface area contributed by atoms with Crippen LogP contribution in [0.2, 0.25) is 0 Å². The quantitative estimate of drug-likeness (QED) is 0.407. The summed E-state index contributed by atoms with van der Waals surface area (Å²) in [6, 6.07) is 2.62. The van der Waals surface area contributed by atoms with Crippen molar-refractivity contribution in [2.75, 3.05) is 0 Å². The van der Waals surface area contributed by atoms with Gasteiger partial charge < -0.3 is 20.1 Å². The van der Waals surface area contributed by atoms with Gasteiger partial charge in [-0.05, 0) is 12.1 Å². The van der Waals surface area contributed by atoms with Gasteiger partial charge in [-0.15, -0.1) is 0 Å². The van der Waals surface area contributed by atoms with Crippen LogP contribution in [-0.2, 0) is 0 Å². The van der Waals surface area contributed by atoms with E-state index >= 15 is 0 Å². The third kappa shape index (κ3) is 3.14. The van der Waals surface area contributed by atoms with Crippen molar-refractivity contribution in [3.05, 3.63) is 54.6 Å². The summed E-state index contributed by atoms with van der Waals surface area (Å²) in [4.78, 5) is 29.6. The highest BCUT2D eigenvalue weighted by atomic mass is 16.6. The molecule has 0 unspecified atom stereocenters. The van der Waals surface area contributed by atoms with Gasteiger partial charge in [-0.2, -0.15) is 0 Å². The zero-order valence-electron chi connectivity index (χ0n) is 11.9. The van der Waals surface area contributed by atoms with Crippen LogP contribution in [0.15, 0.2) is 24.3 Å². The molecule has 13 nitrogen and oxygen atoms in total. The van der Waals surface area contributed by atoms with E-state index in [1.807, 2.05) is 0 Å². The van der Waals surface area contributed by atoms with E-state index < -0.39 is 60.6 Å². The van der Waals surface area contributed by atoms with E-state index in [2.05, 4.69) is 0 Å². The van der Waals surface area contributed by atoms with Gasteiger partial charge in [-0.1, -0.05) is 0 Å². The van der Waals surface area contributed by atoms with Gasteiger partial charge in [0, 0.05) is 0 Å². The van der Waals surface area contributed by atoms with Crippen LogP contribution in [0.25, 0.3) is 0 Å². The summed E-state index contributed by atoms with van der Waals surface area (Å²) in [5.74, 6) is -4.46. The van der Waals surface area contributed by atoms with Crippen molar-refractivity contribution in [2.45, 2.75) is 0 Å². The average molecular weight is 353 g/mol. The Bertz CT molecular complexity index is 875. The number of phenols is 3. The minimum absolute atomic E-state index is 0.444. The molecule has 130 valence electrons. The van der Waals surface area contributed by atoms with Crippen molar-refractivity contribution in [3.8, 4) is 28.7 Å².